The van der Waals surface area contributed by atoms with E-state index in [-0.39, 0.29) is 0 Å². The van der Waals surface area contributed by atoms with Crippen molar-refractivity contribution in [2.45, 2.75) is 38.7 Å². The normalized spacial score (nSPS) is 14.3. The molecule has 1 aliphatic carbocycles. The largest absolute Gasteiger partial charge is 0.490 e. The molecule has 4 heteroatoms. The lowest BCUT2D eigenvalue weighted by atomic mass is 9.97. The van der Waals surface area contributed by atoms with Gasteiger partial charge in [-0.15, -0.1) is 0 Å². The third-order valence-electron chi connectivity index (χ3n) is 3.65. The Kier molecular flexibility index (Phi) is 3.78. The molecule has 1 fully saturated rings. The maximum absolute atomic E-state index is 5.79. The van der Waals surface area contributed by atoms with Gasteiger partial charge in [-0.3, -0.25) is 0 Å². The van der Waals surface area contributed by atoms with Crippen LogP contribution in [0.15, 0.2) is 30.6 Å². The molecule has 0 bridgehead atoms. The summed E-state index contributed by atoms with van der Waals surface area (Å²) in [6, 6.07) is 8.20. The lowest BCUT2D eigenvalue weighted by molar-refractivity contribution is 0.303. The Hall–Kier alpha value is -2.10. The maximum Gasteiger partial charge on any atom is 0.133 e. The molecule has 0 spiro atoms. The standard InChI is InChI=1S/C17H21N3O/c1-11(2)15-16(19-10-20-17(15)18-3)12-4-6-13(7-5-12)21-14-8-9-14/h4-7,10-11,14H,8-9H2,1-3H3,(H,18,19,20). The number of aromatic nitrogens is 2. The summed E-state index contributed by atoms with van der Waals surface area (Å²) < 4.78 is 5.79. The predicted molar refractivity (Wildman–Crippen MR) is 84.8 cm³/mol. The molecule has 4 nitrogen and oxygen atoms in total. The average Bonchev–Trinajstić information content (AvgIpc) is 3.31. The fourth-order valence-electron chi connectivity index (χ4n) is 2.44. The second kappa shape index (κ2) is 5.72. The molecule has 0 saturated heterocycles. The molecule has 3 rings (SSSR count). The minimum atomic E-state index is 0.353. The number of rotatable bonds is 5. The van der Waals surface area contributed by atoms with E-state index in [1.54, 1.807) is 6.33 Å². The summed E-state index contributed by atoms with van der Waals surface area (Å²) in [6.07, 6.45) is 4.40. The Morgan fingerprint density at radius 3 is 2.43 bits per heavy atom. The van der Waals surface area contributed by atoms with Crippen LogP contribution in [0.3, 0.4) is 0 Å². The van der Waals surface area contributed by atoms with Gasteiger partial charge in [-0.25, -0.2) is 9.97 Å². The van der Waals surface area contributed by atoms with E-state index in [1.807, 2.05) is 19.2 Å². The highest BCUT2D eigenvalue weighted by molar-refractivity contribution is 5.69. The molecule has 0 unspecified atom stereocenters. The van der Waals surface area contributed by atoms with Crippen molar-refractivity contribution in [1.29, 1.82) is 0 Å². The Labute approximate surface area is 125 Å². The summed E-state index contributed by atoms with van der Waals surface area (Å²) in [5.74, 6) is 2.19. The molecule has 1 N–H and O–H groups in total. The number of hydrogen-bond acceptors (Lipinski definition) is 4. The van der Waals surface area contributed by atoms with E-state index >= 15 is 0 Å². The Morgan fingerprint density at radius 2 is 1.86 bits per heavy atom. The van der Waals surface area contributed by atoms with Crippen molar-refractivity contribution in [2.75, 3.05) is 12.4 Å². The van der Waals surface area contributed by atoms with Gasteiger partial charge in [-0.1, -0.05) is 13.8 Å². The van der Waals surface area contributed by atoms with E-state index in [4.69, 9.17) is 4.74 Å². The first kappa shape index (κ1) is 13.9. The number of ether oxygens (including phenoxy) is 1. The smallest absolute Gasteiger partial charge is 0.133 e. The summed E-state index contributed by atoms with van der Waals surface area (Å²) in [5, 5.41) is 3.16. The maximum atomic E-state index is 5.79. The van der Waals surface area contributed by atoms with Gasteiger partial charge in [0.15, 0.2) is 0 Å². The number of nitrogens with zero attached hydrogens (tertiary/aromatic N) is 2. The molecule has 2 aromatic rings. The fraction of sp³-hybridized carbons (Fsp3) is 0.412. The number of nitrogens with one attached hydrogen (secondary N) is 1. The highest BCUT2D eigenvalue weighted by atomic mass is 16.5. The molecular formula is C17H21N3O. The van der Waals surface area contributed by atoms with Gasteiger partial charge in [0, 0.05) is 18.2 Å². The van der Waals surface area contributed by atoms with Crippen LogP contribution < -0.4 is 10.1 Å². The summed E-state index contributed by atoms with van der Waals surface area (Å²) in [4.78, 5) is 8.81. The van der Waals surface area contributed by atoms with E-state index in [9.17, 15) is 0 Å². The molecule has 21 heavy (non-hydrogen) atoms. The summed E-state index contributed by atoms with van der Waals surface area (Å²) in [6.45, 7) is 4.32. The summed E-state index contributed by atoms with van der Waals surface area (Å²) >= 11 is 0. The molecule has 1 aliphatic rings. The van der Waals surface area contributed by atoms with Gasteiger partial charge in [0.05, 0.1) is 11.8 Å². The fourth-order valence-corrected chi connectivity index (χ4v) is 2.44. The molecule has 1 aromatic carbocycles. The Morgan fingerprint density at radius 1 is 1.14 bits per heavy atom. The van der Waals surface area contributed by atoms with Crippen molar-refractivity contribution in [3.05, 3.63) is 36.2 Å². The third kappa shape index (κ3) is 2.99. The van der Waals surface area contributed by atoms with E-state index in [0.717, 1.165) is 28.4 Å². The Bertz CT molecular complexity index is 618. The lowest BCUT2D eigenvalue weighted by Crippen LogP contribution is -2.04. The second-order valence-corrected chi connectivity index (χ2v) is 5.73. The van der Waals surface area contributed by atoms with Crippen LogP contribution in [0.2, 0.25) is 0 Å². The molecular weight excluding hydrogens is 262 g/mol. The van der Waals surface area contributed by atoms with Gasteiger partial charge >= 0.3 is 0 Å². The quantitative estimate of drug-likeness (QED) is 0.905. The van der Waals surface area contributed by atoms with Crippen LogP contribution in [0.1, 0.15) is 38.2 Å². The van der Waals surface area contributed by atoms with Gasteiger partial charge in [0.1, 0.15) is 17.9 Å². The van der Waals surface area contributed by atoms with Crippen molar-refractivity contribution in [1.82, 2.24) is 9.97 Å². The zero-order valence-electron chi connectivity index (χ0n) is 12.8. The van der Waals surface area contributed by atoms with Crippen LogP contribution in [0.4, 0.5) is 5.82 Å². The minimum Gasteiger partial charge on any atom is -0.490 e. The predicted octanol–water partition coefficient (Wildman–Crippen LogP) is 3.85. The Balaban J connectivity index is 1.95. The van der Waals surface area contributed by atoms with E-state index < -0.39 is 0 Å². The number of anilines is 1. The molecule has 0 amide bonds. The molecule has 1 aromatic heterocycles. The van der Waals surface area contributed by atoms with Gasteiger partial charge in [0.25, 0.3) is 0 Å². The molecule has 0 radical (unpaired) electrons. The monoisotopic (exact) mass is 283 g/mol. The average molecular weight is 283 g/mol. The minimum absolute atomic E-state index is 0.353. The zero-order chi connectivity index (χ0) is 14.8. The van der Waals surface area contributed by atoms with Gasteiger partial charge in [-0.05, 0) is 43.0 Å². The van der Waals surface area contributed by atoms with Crippen molar-refractivity contribution in [3.63, 3.8) is 0 Å². The van der Waals surface area contributed by atoms with E-state index in [0.29, 0.717) is 12.0 Å². The zero-order valence-corrected chi connectivity index (χ0v) is 12.8. The third-order valence-corrected chi connectivity index (χ3v) is 3.65. The van der Waals surface area contributed by atoms with E-state index in [2.05, 4.69) is 41.3 Å². The summed E-state index contributed by atoms with van der Waals surface area (Å²) in [5.41, 5.74) is 3.24. The SMILES string of the molecule is CNc1ncnc(-c2ccc(OC3CC3)cc2)c1C(C)C. The van der Waals surface area contributed by atoms with E-state index in [1.165, 1.54) is 12.8 Å². The van der Waals surface area contributed by atoms with Crippen LogP contribution in [-0.4, -0.2) is 23.1 Å². The molecule has 110 valence electrons. The van der Waals surface area contributed by atoms with Gasteiger partial charge < -0.3 is 10.1 Å². The molecule has 1 saturated carbocycles. The van der Waals surface area contributed by atoms with Crippen LogP contribution in [0.5, 0.6) is 5.75 Å². The van der Waals surface area contributed by atoms with Crippen molar-refractivity contribution in [3.8, 4) is 17.0 Å². The van der Waals surface area contributed by atoms with Crippen LogP contribution >= 0.6 is 0 Å². The first-order valence-corrected chi connectivity index (χ1v) is 7.48. The second-order valence-electron chi connectivity index (χ2n) is 5.73. The van der Waals surface area contributed by atoms with Crippen molar-refractivity contribution < 1.29 is 4.74 Å². The summed E-state index contributed by atoms with van der Waals surface area (Å²) in [7, 11) is 1.89. The van der Waals surface area contributed by atoms with Crippen LogP contribution in [0.25, 0.3) is 11.3 Å². The first-order chi connectivity index (χ1) is 10.2. The van der Waals surface area contributed by atoms with Gasteiger partial charge in [0.2, 0.25) is 0 Å². The first-order valence-electron chi connectivity index (χ1n) is 7.48. The topological polar surface area (TPSA) is 47.0 Å². The molecule has 0 atom stereocenters. The number of benzene rings is 1. The van der Waals surface area contributed by atoms with Crippen LogP contribution in [-0.2, 0) is 0 Å². The number of hydrogen-bond donors (Lipinski definition) is 1. The molecule has 1 heterocycles. The van der Waals surface area contributed by atoms with Crippen molar-refractivity contribution >= 4 is 5.82 Å². The molecule has 0 aliphatic heterocycles. The lowest BCUT2D eigenvalue weighted by Gasteiger charge is -2.16. The van der Waals surface area contributed by atoms with Crippen molar-refractivity contribution in [2.24, 2.45) is 0 Å². The van der Waals surface area contributed by atoms with Gasteiger partial charge in [-0.2, -0.15) is 0 Å². The highest BCUT2D eigenvalue weighted by Crippen LogP contribution is 2.33. The van der Waals surface area contributed by atoms with Crippen LogP contribution in [0, 0.1) is 0 Å². The highest BCUT2D eigenvalue weighted by Gasteiger charge is 2.23.